The molecule has 0 radical (unpaired) electrons. The molecule has 78 valence electrons. The fraction of sp³-hybridized carbons (Fsp3) is 0.250. The van der Waals surface area contributed by atoms with Crippen LogP contribution in [0.5, 0.6) is 0 Å². The summed E-state index contributed by atoms with van der Waals surface area (Å²) in [6.45, 7) is 1.67. The van der Waals surface area contributed by atoms with Crippen molar-refractivity contribution < 1.29 is 9.90 Å². The van der Waals surface area contributed by atoms with Crippen molar-refractivity contribution in [3.63, 3.8) is 0 Å². The minimum absolute atomic E-state index is 0.450. The van der Waals surface area contributed by atoms with Crippen LogP contribution in [0.1, 0.15) is 18.4 Å². The Hall–Kier alpha value is -1.79. The lowest BCUT2D eigenvalue weighted by Gasteiger charge is -2.15. The van der Waals surface area contributed by atoms with Crippen molar-refractivity contribution in [1.82, 2.24) is 0 Å². The molecule has 0 saturated carbocycles. The van der Waals surface area contributed by atoms with Gasteiger partial charge in [0.1, 0.15) is 6.04 Å². The van der Waals surface area contributed by atoms with Gasteiger partial charge in [0.15, 0.2) is 0 Å². The van der Waals surface area contributed by atoms with Gasteiger partial charge in [-0.3, -0.25) is 4.79 Å². The number of rotatable bonds is 3. The Bertz CT molecular complexity index is 389. The number of hydrogen-bond donors (Lipinski definition) is 2. The summed E-state index contributed by atoms with van der Waals surface area (Å²) in [4.78, 5) is 10.8. The van der Waals surface area contributed by atoms with Crippen LogP contribution >= 0.6 is 0 Å². The van der Waals surface area contributed by atoms with Crippen molar-refractivity contribution in [3.8, 4) is 11.8 Å². The summed E-state index contributed by atoms with van der Waals surface area (Å²) in [5.41, 5.74) is 6.41. The fourth-order valence-electron chi connectivity index (χ4n) is 1.34. The minimum atomic E-state index is -1.04. The molecule has 3 heteroatoms. The van der Waals surface area contributed by atoms with Crippen molar-refractivity contribution in [2.45, 2.75) is 18.9 Å². The van der Waals surface area contributed by atoms with Crippen LogP contribution in [0.3, 0.4) is 0 Å². The summed E-state index contributed by atoms with van der Waals surface area (Å²) in [5, 5.41) is 8.85. The molecule has 15 heavy (non-hydrogen) atoms. The van der Waals surface area contributed by atoms with Gasteiger partial charge in [-0.15, -0.1) is 5.92 Å². The average Bonchev–Trinajstić information content (AvgIpc) is 2.26. The highest BCUT2D eigenvalue weighted by atomic mass is 16.4. The Kier molecular flexibility index (Phi) is 3.90. The molecule has 0 bridgehead atoms. The number of carboxylic acids is 1. The Morgan fingerprint density at radius 3 is 2.47 bits per heavy atom. The van der Waals surface area contributed by atoms with E-state index >= 15 is 0 Å². The first kappa shape index (κ1) is 11.3. The second kappa shape index (κ2) is 5.18. The molecule has 0 heterocycles. The standard InChI is InChI=1S/C12H13NO2/c1-2-6-10(11(13)12(14)15)9-7-4-3-5-8-9/h3-5,7-8,10-11H,13H2,1H3,(H,14,15)/t10-,11-/m0/s1. The lowest BCUT2D eigenvalue weighted by Crippen LogP contribution is -2.36. The number of benzene rings is 1. The zero-order chi connectivity index (χ0) is 11.3. The first-order valence-electron chi connectivity index (χ1n) is 4.62. The first-order valence-corrected chi connectivity index (χ1v) is 4.62. The molecule has 0 aliphatic heterocycles. The topological polar surface area (TPSA) is 63.3 Å². The molecule has 3 N–H and O–H groups in total. The maximum atomic E-state index is 10.8. The zero-order valence-electron chi connectivity index (χ0n) is 8.47. The Labute approximate surface area is 88.9 Å². The second-order valence-corrected chi connectivity index (χ2v) is 3.15. The van der Waals surface area contributed by atoms with Gasteiger partial charge in [0.25, 0.3) is 0 Å². The third kappa shape index (κ3) is 2.83. The number of hydrogen-bond acceptors (Lipinski definition) is 2. The summed E-state index contributed by atoms with van der Waals surface area (Å²) < 4.78 is 0. The largest absolute Gasteiger partial charge is 0.480 e. The van der Waals surface area contributed by atoms with Gasteiger partial charge < -0.3 is 10.8 Å². The maximum Gasteiger partial charge on any atom is 0.322 e. The van der Waals surface area contributed by atoms with E-state index < -0.39 is 17.9 Å². The summed E-state index contributed by atoms with van der Waals surface area (Å²) in [5.74, 6) is 4.05. The van der Waals surface area contributed by atoms with Crippen molar-refractivity contribution in [2.75, 3.05) is 0 Å². The average molecular weight is 203 g/mol. The van der Waals surface area contributed by atoms with Crippen molar-refractivity contribution in [3.05, 3.63) is 35.9 Å². The van der Waals surface area contributed by atoms with E-state index in [9.17, 15) is 4.79 Å². The summed E-state index contributed by atoms with van der Waals surface area (Å²) in [6.07, 6.45) is 0. The monoisotopic (exact) mass is 203 g/mol. The van der Waals surface area contributed by atoms with Gasteiger partial charge in [-0.2, -0.15) is 0 Å². The van der Waals surface area contributed by atoms with Gasteiger partial charge >= 0.3 is 5.97 Å². The number of carboxylic acid groups (broad SMARTS) is 1. The molecule has 3 nitrogen and oxygen atoms in total. The Balaban J connectivity index is 3.02. The lowest BCUT2D eigenvalue weighted by atomic mass is 9.92. The smallest absolute Gasteiger partial charge is 0.322 e. The molecular weight excluding hydrogens is 190 g/mol. The third-order valence-electron chi connectivity index (χ3n) is 2.10. The highest BCUT2D eigenvalue weighted by molar-refractivity contribution is 5.75. The summed E-state index contributed by atoms with van der Waals surface area (Å²) in [7, 11) is 0. The van der Waals surface area contributed by atoms with E-state index in [2.05, 4.69) is 11.8 Å². The molecule has 0 aromatic heterocycles. The molecule has 0 amide bonds. The van der Waals surface area contributed by atoms with Crippen LogP contribution in [-0.4, -0.2) is 17.1 Å². The molecule has 1 aromatic carbocycles. The van der Waals surface area contributed by atoms with E-state index in [4.69, 9.17) is 10.8 Å². The van der Waals surface area contributed by atoms with Crippen molar-refractivity contribution in [1.29, 1.82) is 0 Å². The van der Waals surface area contributed by atoms with E-state index in [0.29, 0.717) is 0 Å². The molecule has 0 fully saturated rings. The maximum absolute atomic E-state index is 10.8. The van der Waals surface area contributed by atoms with E-state index in [1.54, 1.807) is 6.92 Å². The van der Waals surface area contributed by atoms with E-state index in [1.807, 2.05) is 30.3 Å². The number of carbonyl (C=O) groups is 1. The molecule has 1 rings (SSSR count). The molecule has 0 aliphatic rings. The van der Waals surface area contributed by atoms with Crippen molar-refractivity contribution in [2.24, 2.45) is 5.73 Å². The van der Waals surface area contributed by atoms with Crippen LogP contribution in [0.15, 0.2) is 30.3 Å². The normalized spacial score (nSPS) is 13.5. The van der Waals surface area contributed by atoms with Crippen LogP contribution in [0.2, 0.25) is 0 Å². The molecule has 0 spiro atoms. The first-order chi connectivity index (χ1) is 7.16. The highest BCUT2D eigenvalue weighted by Gasteiger charge is 2.23. The van der Waals surface area contributed by atoms with Gasteiger partial charge in [-0.25, -0.2) is 0 Å². The van der Waals surface area contributed by atoms with Crippen LogP contribution in [-0.2, 0) is 4.79 Å². The second-order valence-electron chi connectivity index (χ2n) is 3.15. The highest BCUT2D eigenvalue weighted by Crippen LogP contribution is 2.17. The zero-order valence-corrected chi connectivity index (χ0v) is 8.47. The fourth-order valence-corrected chi connectivity index (χ4v) is 1.34. The summed E-state index contributed by atoms with van der Waals surface area (Å²) in [6, 6.07) is 8.23. The summed E-state index contributed by atoms with van der Waals surface area (Å²) >= 11 is 0. The molecule has 1 aromatic rings. The van der Waals surface area contributed by atoms with Gasteiger partial charge in [0.2, 0.25) is 0 Å². The molecular formula is C12H13NO2. The van der Waals surface area contributed by atoms with E-state index in [1.165, 1.54) is 0 Å². The van der Waals surface area contributed by atoms with Gasteiger partial charge in [-0.1, -0.05) is 36.3 Å². The molecule has 0 saturated heterocycles. The quantitative estimate of drug-likeness (QED) is 0.726. The Morgan fingerprint density at radius 2 is 2.00 bits per heavy atom. The lowest BCUT2D eigenvalue weighted by molar-refractivity contribution is -0.138. The molecule has 0 aliphatic carbocycles. The van der Waals surface area contributed by atoms with Crippen molar-refractivity contribution >= 4 is 5.97 Å². The number of aliphatic carboxylic acids is 1. The minimum Gasteiger partial charge on any atom is -0.480 e. The van der Waals surface area contributed by atoms with Gasteiger partial charge in [0.05, 0.1) is 5.92 Å². The predicted molar refractivity (Wildman–Crippen MR) is 58.2 cm³/mol. The predicted octanol–water partition coefficient (Wildman–Crippen LogP) is 1.21. The van der Waals surface area contributed by atoms with Crippen LogP contribution in [0, 0.1) is 11.8 Å². The SMILES string of the molecule is CC#C[C@@H](c1ccccc1)[C@H](N)C(=O)O. The van der Waals surface area contributed by atoms with E-state index in [0.717, 1.165) is 5.56 Å². The van der Waals surface area contributed by atoms with Crippen LogP contribution in [0.4, 0.5) is 0 Å². The van der Waals surface area contributed by atoms with Crippen LogP contribution in [0.25, 0.3) is 0 Å². The third-order valence-corrected chi connectivity index (χ3v) is 2.10. The molecule has 0 unspecified atom stereocenters. The van der Waals surface area contributed by atoms with Crippen LogP contribution < -0.4 is 5.73 Å². The van der Waals surface area contributed by atoms with Gasteiger partial charge in [0, 0.05) is 0 Å². The van der Waals surface area contributed by atoms with Gasteiger partial charge in [-0.05, 0) is 12.5 Å². The number of nitrogens with two attached hydrogens (primary N) is 1. The molecule has 2 atom stereocenters. The Morgan fingerprint density at radius 1 is 1.40 bits per heavy atom. The van der Waals surface area contributed by atoms with E-state index in [-0.39, 0.29) is 0 Å².